The van der Waals surface area contributed by atoms with Crippen LogP contribution in [0.4, 0.5) is 0 Å². The zero-order valence-corrected chi connectivity index (χ0v) is 36.7. The maximum atomic E-state index is 14.7. The monoisotopic (exact) mass is 826 g/mol. The molecule has 9 heteroatoms. The quantitative estimate of drug-likeness (QED) is 0.0648. The topological polar surface area (TPSA) is 111 Å². The number of carbonyl (C=O) groups is 2. The number of carbonyl (C=O) groups excluding carboxylic acids is 2. The average molecular weight is 827 g/mol. The summed E-state index contributed by atoms with van der Waals surface area (Å²) in [5.74, 6) is -2.32. The van der Waals surface area contributed by atoms with E-state index in [4.69, 9.17) is 4.43 Å². The van der Waals surface area contributed by atoms with Gasteiger partial charge in [0.1, 0.15) is 5.75 Å². The molecule has 3 N–H and O–H groups in total. The highest BCUT2D eigenvalue weighted by Gasteiger charge is 2.57. The van der Waals surface area contributed by atoms with Gasteiger partial charge in [-0.15, -0.1) is 0 Å². The number of aromatic hydroxyl groups is 1. The zero-order valence-electron chi connectivity index (χ0n) is 35.7. The van der Waals surface area contributed by atoms with Crippen LogP contribution in [0.15, 0.2) is 132 Å². The lowest BCUT2D eigenvalue weighted by Crippen LogP contribution is -2.66. The van der Waals surface area contributed by atoms with Crippen molar-refractivity contribution in [3.8, 4) is 5.75 Å². The Kier molecular flexibility index (Phi) is 13.7. The van der Waals surface area contributed by atoms with Crippen LogP contribution in [0.5, 0.6) is 5.75 Å². The van der Waals surface area contributed by atoms with Crippen molar-refractivity contribution >= 4 is 36.6 Å². The van der Waals surface area contributed by atoms with Gasteiger partial charge in [0.2, 0.25) is 11.8 Å². The Morgan fingerprint density at radius 3 is 2.00 bits per heavy atom. The molecule has 2 saturated heterocycles. The molecule has 0 radical (unpaired) electrons. The standard InChI is InChI=1S/C51H62N2O6Si/c1-5-36(31-38-19-15-16-24-45(38)55)25-26-46(56)47-39(35-59-60(51(2,3)4,41-20-11-7-12-21-41)42-22-13-8-14-23-42)32-43-48(44(47)34-54)50(58)53(49(43)57)40-27-29-52(30-28-40)33-37-17-9-6-10-18-37/h6-24,31,40,43-44,46,48,54-56H,5,25-30,32-35H2,1-4H3/b36-31+/t43-,44+,46-,48-/m1/s1. The van der Waals surface area contributed by atoms with Gasteiger partial charge in [-0.3, -0.25) is 19.4 Å². The molecule has 0 unspecified atom stereocenters. The van der Waals surface area contributed by atoms with E-state index in [0.29, 0.717) is 31.3 Å². The SMILES string of the molecule is CC/C(=C\c1ccccc1O)CC[C@@H](O)C1=C(CO[Si](c2ccccc2)(c2ccccc2)C(C)(C)C)C[C@H]2C(=O)N(C3CCN(Cc4ccccc4)CC3)C(=O)[C@H]2[C@H]1CO. The number of imide groups is 1. The summed E-state index contributed by atoms with van der Waals surface area (Å²) in [6.07, 6.45) is 4.30. The number of aliphatic hydroxyl groups excluding tert-OH is 2. The number of allylic oxidation sites excluding steroid dienone is 1. The number of piperidine rings is 1. The Balaban J connectivity index is 1.22. The molecule has 2 heterocycles. The van der Waals surface area contributed by atoms with Crippen molar-refractivity contribution < 1.29 is 29.3 Å². The van der Waals surface area contributed by atoms with E-state index in [0.717, 1.165) is 53.1 Å². The van der Waals surface area contributed by atoms with Crippen LogP contribution < -0.4 is 10.4 Å². The molecular formula is C51H62N2O6Si. The van der Waals surface area contributed by atoms with E-state index in [-0.39, 0.29) is 48.3 Å². The zero-order chi connectivity index (χ0) is 42.4. The molecule has 0 spiro atoms. The molecule has 4 aromatic rings. The minimum absolute atomic E-state index is 0.160. The minimum atomic E-state index is -3.04. The van der Waals surface area contributed by atoms with Gasteiger partial charge >= 0.3 is 0 Å². The van der Waals surface area contributed by atoms with Crippen molar-refractivity contribution in [2.75, 3.05) is 26.3 Å². The first-order valence-corrected chi connectivity index (χ1v) is 23.7. The maximum Gasteiger partial charge on any atom is 0.261 e. The highest BCUT2D eigenvalue weighted by Crippen LogP contribution is 2.48. The number of likely N-dealkylation sites (tertiary alicyclic amines) is 2. The van der Waals surface area contributed by atoms with Gasteiger partial charge in [-0.1, -0.05) is 149 Å². The number of phenols is 1. The van der Waals surface area contributed by atoms with E-state index in [1.807, 2.05) is 72.8 Å². The molecule has 2 amide bonds. The lowest BCUT2D eigenvalue weighted by atomic mass is 9.68. The smallest absolute Gasteiger partial charge is 0.261 e. The second-order valence-electron chi connectivity index (χ2n) is 17.9. The normalized spacial score (nSPS) is 21.4. The summed E-state index contributed by atoms with van der Waals surface area (Å²) in [6.45, 7) is 10.9. The summed E-state index contributed by atoms with van der Waals surface area (Å²) in [5.41, 5.74) is 4.46. The number of phenolic OH excluding ortho intramolecular Hbond substituents is 1. The fourth-order valence-electron chi connectivity index (χ4n) is 10.3. The Labute approximate surface area is 357 Å². The van der Waals surface area contributed by atoms with Crippen LogP contribution in [0, 0.1) is 17.8 Å². The van der Waals surface area contributed by atoms with Crippen molar-refractivity contribution in [1.29, 1.82) is 0 Å². The molecule has 7 rings (SSSR count). The molecule has 60 heavy (non-hydrogen) atoms. The van der Waals surface area contributed by atoms with Gasteiger partial charge in [0.25, 0.3) is 8.32 Å². The summed E-state index contributed by atoms with van der Waals surface area (Å²) in [6, 6.07) is 38.2. The number of rotatable bonds is 15. The molecule has 3 aliphatic rings. The highest BCUT2D eigenvalue weighted by molar-refractivity contribution is 6.99. The largest absolute Gasteiger partial charge is 0.507 e. The number of hydrogen-bond acceptors (Lipinski definition) is 7. The fourth-order valence-corrected chi connectivity index (χ4v) is 14.8. The van der Waals surface area contributed by atoms with Crippen LogP contribution >= 0.6 is 0 Å². The van der Waals surface area contributed by atoms with Gasteiger partial charge in [0, 0.05) is 37.2 Å². The Bertz CT molecular complexity index is 2100. The van der Waals surface area contributed by atoms with Crippen molar-refractivity contribution in [3.63, 3.8) is 0 Å². The molecule has 8 nitrogen and oxygen atoms in total. The number of amides is 2. The van der Waals surface area contributed by atoms with Crippen LogP contribution in [0.3, 0.4) is 0 Å². The minimum Gasteiger partial charge on any atom is -0.507 e. The van der Waals surface area contributed by atoms with Crippen LogP contribution in [0.2, 0.25) is 5.04 Å². The van der Waals surface area contributed by atoms with E-state index < -0.39 is 32.2 Å². The second kappa shape index (κ2) is 19.0. The number of aliphatic hydroxyl groups is 2. The molecule has 0 saturated carbocycles. The van der Waals surface area contributed by atoms with Crippen LogP contribution in [0.1, 0.15) is 77.3 Å². The summed E-state index contributed by atoms with van der Waals surface area (Å²) < 4.78 is 7.47. The second-order valence-corrected chi connectivity index (χ2v) is 22.3. The van der Waals surface area contributed by atoms with E-state index in [1.165, 1.54) is 10.5 Å². The van der Waals surface area contributed by atoms with Gasteiger partial charge in [0.15, 0.2) is 0 Å². The van der Waals surface area contributed by atoms with Crippen LogP contribution in [-0.4, -0.2) is 83.7 Å². The van der Waals surface area contributed by atoms with Crippen molar-refractivity contribution in [1.82, 2.24) is 9.80 Å². The van der Waals surface area contributed by atoms with Gasteiger partial charge in [-0.2, -0.15) is 0 Å². The van der Waals surface area contributed by atoms with Crippen molar-refractivity contribution in [2.45, 2.75) is 89.9 Å². The van der Waals surface area contributed by atoms with Gasteiger partial charge in [-0.05, 0) is 76.7 Å². The fraction of sp³-hybridized carbons (Fsp3) is 0.412. The number of hydrogen-bond donors (Lipinski definition) is 3. The van der Waals surface area contributed by atoms with Crippen LogP contribution in [0.25, 0.3) is 6.08 Å². The summed E-state index contributed by atoms with van der Waals surface area (Å²) in [7, 11) is -3.04. The average Bonchev–Trinajstić information content (AvgIpc) is 3.51. The van der Waals surface area contributed by atoms with Crippen molar-refractivity contribution in [2.24, 2.45) is 17.8 Å². The van der Waals surface area contributed by atoms with E-state index in [1.54, 1.807) is 12.1 Å². The molecule has 4 atom stereocenters. The molecule has 0 bridgehead atoms. The summed E-state index contributed by atoms with van der Waals surface area (Å²) in [5, 5.41) is 36.1. The predicted molar refractivity (Wildman–Crippen MR) is 241 cm³/mol. The van der Waals surface area contributed by atoms with Crippen LogP contribution in [-0.2, 0) is 20.6 Å². The highest BCUT2D eigenvalue weighted by atomic mass is 28.4. The number of benzene rings is 4. The molecular weight excluding hydrogens is 765 g/mol. The lowest BCUT2D eigenvalue weighted by molar-refractivity contribution is -0.144. The molecule has 4 aromatic carbocycles. The van der Waals surface area contributed by atoms with E-state index in [9.17, 15) is 24.9 Å². The lowest BCUT2D eigenvalue weighted by Gasteiger charge is -2.44. The van der Waals surface area contributed by atoms with Gasteiger partial charge in [0.05, 0.1) is 31.2 Å². The number of fused-ring (bicyclic) bond motifs is 1. The number of para-hydroxylation sites is 1. The summed E-state index contributed by atoms with van der Waals surface area (Å²) in [4.78, 5) is 33.2. The molecule has 2 fully saturated rings. The third-order valence-corrected chi connectivity index (χ3v) is 18.3. The first-order valence-electron chi connectivity index (χ1n) is 21.8. The maximum absolute atomic E-state index is 14.7. The first-order chi connectivity index (χ1) is 29.0. The Hall–Kier alpha value is -4.64. The van der Waals surface area contributed by atoms with Gasteiger partial charge in [-0.25, -0.2) is 0 Å². The van der Waals surface area contributed by atoms with E-state index >= 15 is 0 Å². The summed E-state index contributed by atoms with van der Waals surface area (Å²) >= 11 is 0. The molecule has 316 valence electrons. The first kappa shape index (κ1) is 43.4. The van der Waals surface area contributed by atoms with Gasteiger partial charge < -0.3 is 19.7 Å². The third kappa shape index (κ3) is 8.88. The Morgan fingerprint density at radius 1 is 0.850 bits per heavy atom. The molecule has 0 aromatic heterocycles. The third-order valence-electron chi connectivity index (χ3n) is 13.3. The molecule has 1 aliphatic carbocycles. The van der Waals surface area contributed by atoms with Crippen molar-refractivity contribution in [3.05, 3.63) is 143 Å². The Morgan fingerprint density at radius 2 is 1.43 bits per heavy atom. The molecule has 2 aliphatic heterocycles. The number of nitrogens with zero attached hydrogens (tertiary/aromatic N) is 2. The predicted octanol–water partition coefficient (Wildman–Crippen LogP) is 7.48. The van der Waals surface area contributed by atoms with E-state index in [2.05, 4.69) is 69.0 Å².